The zero-order valence-electron chi connectivity index (χ0n) is 8.85. The minimum atomic E-state index is -0.564. The van der Waals surface area contributed by atoms with Gasteiger partial charge in [0.15, 0.2) is 5.65 Å². The van der Waals surface area contributed by atoms with Gasteiger partial charge in [-0.2, -0.15) is 9.50 Å². The van der Waals surface area contributed by atoms with Crippen molar-refractivity contribution < 1.29 is 4.74 Å². The van der Waals surface area contributed by atoms with Crippen LogP contribution in [0.5, 0.6) is 5.75 Å². The normalized spacial score (nSPS) is 11.1. The minimum Gasteiger partial charge on any atom is -0.497 e. The summed E-state index contributed by atoms with van der Waals surface area (Å²) in [4.78, 5) is 25.6. The van der Waals surface area contributed by atoms with Crippen molar-refractivity contribution in [3.05, 3.63) is 39.2 Å². The van der Waals surface area contributed by atoms with Crippen LogP contribution < -0.4 is 16.1 Å². The van der Waals surface area contributed by atoms with Gasteiger partial charge in [-0.05, 0) is 18.2 Å². The fourth-order valence-electron chi connectivity index (χ4n) is 1.78. The molecule has 0 bridgehead atoms. The van der Waals surface area contributed by atoms with E-state index in [9.17, 15) is 9.59 Å². The number of hydrogen-bond donors (Lipinski definition) is 2. The number of benzene rings is 1. The van der Waals surface area contributed by atoms with Crippen LogP contribution in [0.15, 0.2) is 27.8 Å². The fraction of sp³-hybridized carbons (Fsp3) is 0.100. The van der Waals surface area contributed by atoms with E-state index < -0.39 is 11.4 Å². The lowest BCUT2D eigenvalue weighted by atomic mass is 10.2. The number of aromatic amines is 2. The Hall–Kier alpha value is -2.57. The smallest absolute Gasteiger partial charge is 0.351 e. The third-order valence-electron chi connectivity index (χ3n) is 2.58. The van der Waals surface area contributed by atoms with Crippen LogP contribution in [0.1, 0.15) is 0 Å². The van der Waals surface area contributed by atoms with Gasteiger partial charge in [-0.15, -0.1) is 0 Å². The Morgan fingerprint density at radius 2 is 2.12 bits per heavy atom. The molecular weight excluding hydrogens is 224 g/mol. The van der Waals surface area contributed by atoms with Crippen LogP contribution in [0.2, 0.25) is 0 Å². The number of rotatable bonds is 1. The van der Waals surface area contributed by atoms with Crippen molar-refractivity contribution in [1.29, 1.82) is 0 Å². The number of nitrogens with one attached hydrogen (secondary N) is 2. The van der Waals surface area contributed by atoms with E-state index >= 15 is 0 Å². The lowest BCUT2D eigenvalue weighted by molar-refractivity contribution is 0.415. The molecule has 17 heavy (non-hydrogen) atoms. The van der Waals surface area contributed by atoms with E-state index in [-0.39, 0.29) is 5.65 Å². The van der Waals surface area contributed by atoms with Gasteiger partial charge in [-0.25, -0.2) is 14.7 Å². The number of nitrogens with zero attached hydrogens (tertiary/aromatic N) is 2. The molecule has 0 saturated heterocycles. The number of ether oxygens (including phenoxy) is 1. The van der Waals surface area contributed by atoms with Gasteiger partial charge in [0.25, 0.3) is 0 Å². The largest absolute Gasteiger partial charge is 0.497 e. The summed E-state index contributed by atoms with van der Waals surface area (Å²) in [6, 6.07) is 5.13. The third kappa shape index (κ3) is 1.25. The molecule has 0 amide bonds. The topological polar surface area (TPSA) is 92.2 Å². The van der Waals surface area contributed by atoms with Crippen molar-refractivity contribution in [1.82, 2.24) is 19.6 Å². The average Bonchev–Trinajstić information content (AvgIpc) is 2.72. The SMILES string of the molecule is COc1ccc2[nH]c(=O)n3c(=O)[nH]nc3c2c1. The molecule has 0 aliphatic rings. The molecule has 0 atom stereocenters. The van der Waals surface area contributed by atoms with E-state index in [0.717, 1.165) is 4.40 Å². The summed E-state index contributed by atoms with van der Waals surface area (Å²) in [6.07, 6.45) is 0. The zero-order valence-corrected chi connectivity index (χ0v) is 8.85. The molecule has 2 heterocycles. The Balaban J connectivity index is 2.61. The molecule has 0 unspecified atom stereocenters. The van der Waals surface area contributed by atoms with Gasteiger partial charge in [-0.3, -0.25) is 0 Å². The van der Waals surface area contributed by atoms with Crippen LogP contribution in [0.25, 0.3) is 16.6 Å². The third-order valence-corrected chi connectivity index (χ3v) is 2.58. The van der Waals surface area contributed by atoms with E-state index in [1.54, 1.807) is 25.3 Å². The van der Waals surface area contributed by atoms with Crippen LogP contribution in [0, 0.1) is 0 Å². The molecule has 7 heteroatoms. The Kier molecular flexibility index (Phi) is 1.82. The second-order valence-electron chi connectivity index (χ2n) is 3.53. The second kappa shape index (κ2) is 3.21. The van der Waals surface area contributed by atoms with Crippen LogP contribution in [0.3, 0.4) is 0 Å². The Morgan fingerprint density at radius 3 is 2.88 bits per heavy atom. The summed E-state index contributed by atoms with van der Waals surface area (Å²) < 4.78 is 6.04. The first-order valence-corrected chi connectivity index (χ1v) is 4.88. The van der Waals surface area contributed by atoms with Crippen molar-refractivity contribution in [2.45, 2.75) is 0 Å². The van der Waals surface area contributed by atoms with Crippen LogP contribution >= 0.6 is 0 Å². The predicted molar refractivity (Wildman–Crippen MR) is 60.5 cm³/mol. The van der Waals surface area contributed by atoms with Gasteiger partial charge in [0.05, 0.1) is 12.6 Å². The molecule has 1 aromatic carbocycles. The first-order chi connectivity index (χ1) is 8.20. The molecule has 0 spiro atoms. The molecule has 86 valence electrons. The van der Waals surface area contributed by atoms with Gasteiger partial charge in [0.2, 0.25) is 0 Å². The molecule has 3 aromatic rings. The van der Waals surface area contributed by atoms with Crippen LogP contribution in [0.4, 0.5) is 0 Å². The highest BCUT2D eigenvalue weighted by molar-refractivity contribution is 5.91. The van der Waals surface area contributed by atoms with Gasteiger partial charge in [0, 0.05) is 5.39 Å². The molecule has 2 aromatic heterocycles. The molecule has 7 nitrogen and oxygen atoms in total. The first-order valence-electron chi connectivity index (χ1n) is 4.88. The molecular formula is C10H8N4O3. The molecule has 0 aliphatic heterocycles. The summed E-state index contributed by atoms with van der Waals surface area (Å²) in [5.74, 6) is 0.627. The van der Waals surface area contributed by atoms with Gasteiger partial charge < -0.3 is 9.72 Å². The number of aromatic nitrogens is 4. The molecule has 0 fully saturated rings. The highest BCUT2D eigenvalue weighted by Crippen LogP contribution is 2.20. The fourth-order valence-corrected chi connectivity index (χ4v) is 1.78. The maximum atomic E-state index is 11.6. The average molecular weight is 232 g/mol. The zero-order chi connectivity index (χ0) is 12.0. The highest BCUT2D eigenvalue weighted by atomic mass is 16.5. The summed E-state index contributed by atoms with van der Waals surface area (Å²) >= 11 is 0. The predicted octanol–water partition coefficient (Wildman–Crippen LogP) is -0.127. The van der Waals surface area contributed by atoms with Crippen molar-refractivity contribution in [3.63, 3.8) is 0 Å². The van der Waals surface area contributed by atoms with E-state index in [4.69, 9.17) is 4.74 Å². The summed E-state index contributed by atoms with van der Waals surface area (Å²) in [6.45, 7) is 0. The number of fused-ring (bicyclic) bond motifs is 3. The molecule has 0 saturated carbocycles. The second-order valence-corrected chi connectivity index (χ2v) is 3.53. The van der Waals surface area contributed by atoms with Crippen molar-refractivity contribution in [3.8, 4) is 5.75 Å². The van der Waals surface area contributed by atoms with E-state index in [1.165, 1.54) is 0 Å². The van der Waals surface area contributed by atoms with Crippen molar-refractivity contribution in [2.24, 2.45) is 0 Å². The maximum absolute atomic E-state index is 11.6. The Bertz CT molecular complexity index is 827. The quantitative estimate of drug-likeness (QED) is 0.611. The first kappa shape index (κ1) is 9.64. The molecule has 3 rings (SSSR count). The van der Waals surface area contributed by atoms with Crippen molar-refractivity contribution >= 4 is 16.6 Å². The summed E-state index contributed by atoms with van der Waals surface area (Å²) in [5.41, 5.74) is -0.197. The van der Waals surface area contributed by atoms with Gasteiger partial charge in [0.1, 0.15) is 5.75 Å². The van der Waals surface area contributed by atoms with E-state index in [1.807, 2.05) is 0 Å². The minimum absolute atomic E-state index is 0.285. The molecule has 0 radical (unpaired) electrons. The lowest BCUT2D eigenvalue weighted by Gasteiger charge is -2.02. The van der Waals surface area contributed by atoms with Gasteiger partial charge >= 0.3 is 11.4 Å². The number of hydrogen-bond acceptors (Lipinski definition) is 4. The van der Waals surface area contributed by atoms with E-state index in [2.05, 4.69) is 15.2 Å². The Labute approximate surface area is 93.7 Å². The standard InChI is InChI=1S/C10H8N4O3/c1-17-5-2-3-7-6(4-5)8-12-13-10(16)14(8)9(15)11-7/h2-4H,1H3,(H,11,15)(H,13,16). The maximum Gasteiger partial charge on any atom is 0.351 e. The van der Waals surface area contributed by atoms with Crippen LogP contribution in [-0.2, 0) is 0 Å². The summed E-state index contributed by atoms with van der Waals surface area (Å²) in [7, 11) is 1.54. The monoisotopic (exact) mass is 232 g/mol. The molecule has 2 N–H and O–H groups in total. The summed E-state index contributed by atoms with van der Waals surface area (Å²) in [5, 5.41) is 6.72. The van der Waals surface area contributed by atoms with Gasteiger partial charge in [-0.1, -0.05) is 0 Å². The lowest BCUT2D eigenvalue weighted by Crippen LogP contribution is -2.25. The van der Waals surface area contributed by atoms with Crippen LogP contribution in [-0.4, -0.2) is 26.7 Å². The number of methoxy groups -OCH3 is 1. The van der Waals surface area contributed by atoms with E-state index in [0.29, 0.717) is 16.7 Å². The number of H-pyrrole nitrogens is 2. The van der Waals surface area contributed by atoms with Crippen molar-refractivity contribution in [2.75, 3.05) is 7.11 Å². The highest BCUT2D eigenvalue weighted by Gasteiger charge is 2.09. The Morgan fingerprint density at radius 1 is 1.29 bits per heavy atom. The molecule has 0 aliphatic carbocycles.